The second-order valence-electron chi connectivity index (χ2n) is 16.9. The van der Waals surface area contributed by atoms with Crippen LogP contribution in [0.5, 0.6) is 0 Å². The van der Waals surface area contributed by atoms with Crippen molar-refractivity contribution in [2.75, 3.05) is 13.2 Å². The van der Waals surface area contributed by atoms with Gasteiger partial charge in [-0.1, -0.05) is 220 Å². The first-order valence-electron chi connectivity index (χ1n) is 25.8. The van der Waals surface area contributed by atoms with Crippen molar-refractivity contribution in [1.29, 1.82) is 0 Å². The van der Waals surface area contributed by atoms with Crippen LogP contribution in [0.2, 0.25) is 0 Å². The Hall–Kier alpha value is -3.18. The quantitative estimate of drug-likeness (QED) is 0.0375. The first-order chi connectivity index (χ1) is 30.6. The maximum atomic E-state index is 12.3. The van der Waals surface area contributed by atoms with Crippen molar-refractivity contribution >= 4 is 11.9 Å². The Morgan fingerprint density at radius 1 is 0.387 bits per heavy atom. The van der Waals surface area contributed by atoms with Crippen molar-refractivity contribution in [1.82, 2.24) is 0 Å². The van der Waals surface area contributed by atoms with E-state index in [2.05, 4.69) is 111 Å². The third kappa shape index (κ3) is 49.5. The highest BCUT2D eigenvalue weighted by Crippen LogP contribution is 2.14. The fourth-order valence-electron chi connectivity index (χ4n) is 7.00. The van der Waals surface area contributed by atoms with Gasteiger partial charge in [0.2, 0.25) is 0 Å². The molecule has 0 radical (unpaired) electrons. The molecule has 0 fully saturated rings. The Morgan fingerprint density at radius 2 is 0.694 bits per heavy atom. The second kappa shape index (κ2) is 52.2. The molecular weight excluding hydrogens is 765 g/mol. The number of rotatable bonds is 46. The summed E-state index contributed by atoms with van der Waals surface area (Å²) in [6, 6.07) is 0. The molecule has 0 aliphatic rings. The van der Waals surface area contributed by atoms with Crippen molar-refractivity contribution in [3.8, 4) is 0 Å². The van der Waals surface area contributed by atoms with E-state index in [9.17, 15) is 14.7 Å². The number of hydrogen-bond donors (Lipinski definition) is 1. The fourth-order valence-corrected chi connectivity index (χ4v) is 7.00. The van der Waals surface area contributed by atoms with Crippen LogP contribution in [0.25, 0.3) is 0 Å². The Labute approximate surface area is 383 Å². The number of unbranched alkanes of at least 4 members (excludes halogenated alkanes) is 22. The number of carbonyl (C=O) groups excluding carboxylic acids is 2. The van der Waals surface area contributed by atoms with E-state index in [1.807, 2.05) is 0 Å². The minimum Gasteiger partial charge on any atom is -0.462 e. The number of esters is 2. The summed E-state index contributed by atoms with van der Waals surface area (Å²) in [5.74, 6) is -0.632. The monoisotopic (exact) mass is 861 g/mol. The molecular formula is C57H96O5. The molecule has 354 valence electrons. The Kier molecular flexibility index (Phi) is 49.5. The third-order valence-electron chi connectivity index (χ3n) is 10.9. The van der Waals surface area contributed by atoms with Crippen molar-refractivity contribution < 1.29 is 24.2 Å². The van der Waals surface area contributed by atoms with Gasteiger partial charge >= 0.3 is 11.9 Å². The summed E-state index contributed by atoms with van der Waals surface area (Å²) >= 11 is 0. The van der Waals surface area contributed by atoms with Gasteiger partial charge in [0.05, 0.1) is 6.61 Å². The van der Waals surface area contributed by atoms with Gasteiger partial charge in [-0.3, -0.25) is 9.59 Å². The molecule has 0 heterocycles. The SMILES string of the molecule is CC/C=C\C/C=C\C/C=C\C/C=C\C/C=C\C/C=C\C/C=C\CCCCCC(=O)OC(CO)COC(=O)CCCCCCCCCCCCC/C=C\CCCCCCCCCC. The summed E-state index contributed by atoms with van der Waals surface area (Å²) in [5.41, 5.74) is 0. The lowest BCUT2D eigenvalue weighted by Crippen LogP contribution is -2.28. The maximum Gasteiger partial charge on any atom is 0.306 e. The summed E-state index contributed by atoms with van der Waals surface area (Å²) < 4.78 is 10.7. The summed E-state index contributed by atoms with van der Waals surface area (Å²) in [6.45, 7) is 4.01. The van der Waals surface area contributed by atoms with Gasteiger partial charge < -0.3 is 14.6 Å². The zero-order valence-electron chi connectivity index (χ0n) is 40.4. The highest BCUT2D eigenvalue weighted by Gasteiger charge is 2.16. The zero-order chi connectivity index (χ0) is 44.9. The van der Waals surface area contributed by atoms with Crippen LogP contribution in [0.3, 0.4) is 0 Å². The Bertz CT molecular complexity index is 1200. The van der Waals surface area contributed by atoms with Gasteiger partial charge in [-0.2, -0.15) is 0 Å². The smallest absolute Gasteiger partial charge is 0.306 e. The molecule has 0 aliphatic heterocycles. The zero-order valence-corrected chi connectivity index (χ0v) is 40.4. The van der Waals surface area contributed by atoms with Gasteiger partial charge in [0.15, 0.2) is 6.10 Å². The number of allylic oxidation sites excluding steroid dienone is 16. The van der Waals surface area contributed by atoms with Crippen molar-refractivity contribution in [3.63, 3.8) is 0 Å². The maximum absolute atomic E-state index is 12.3. The van der Waals surface area contributed by atoms with E-state index in [0.29, 0.717) is 12.8 Å². The molecule has 0 rings (SSSR count). The van der Waals surface area contributed by atoms with Crippen LogP contribution in [0.1, 0.15) is 232 Å². The number of aliphatic hydroxyl groups excluding tert-OH is 1. The van der Waals surface area contributed by atoms with Crippen molar-refractivity contribution in [2.24, 2.45) is 0 Å². The molecule has 62 heavy (non-hydrogen) atoms. The van der Waals surface area contributed by atoms with E-state index >= 15 is 0 Å². The van der Waals surface area contributed by atoms with Crippen LogP contribution in [-0.4, -0.2) is 36.4 Å². The first-order valence-corrected chi connectivity index (χ1v) is 25.8. The molecule has 5 heteroatoms. The molecule has 0 aromatic carbocycles. The minimum absolute atomic E-state index is 0.0846. The number of ether oxygens (including phenoxy) is 2. The van der Waals surface area contributed by atoms with Crippen LogP contribution < -0.4 is 0 Å². The number of aliphatic hydroxyl groups is 1. The normalized spacial score (nSPS) is 13.0. The predicted molar refractivity (Wildman–Crippen MR) is 269 cm³/mol. The van der Waals surface area contributed by atoms with Crippen molar-refractivity contribution in [3.05, 3.63) is 97.2 Å². The van der Waals surface area contributed by atoms with E-state index in [1.165, 1.54) is 116 Å². The fraction of sp³-hybridized carbons (Fsp3) is 0.684. The van der Waals surface area contributed by atoms with Crippen LogP contribution in [0, 0.1) is 0 Å². The lowest BCUT2D eigenvalue weighted by Gasteiger charge is -2.15. The van der Waals surface area contributed by atoms with Gasteiger partial charge in [0, 0.05) is 12.8 Å². The van der Waals surface area contributed by atoms with Gasteiger partial charge in [0.1, 0.15) is 6.61 Å². The highest BCUT2D eigenvalue weighted by molar-refractivity contribution is 5.70. The van der Waals surface area contributed by atoms with E-state index in [1.54, 1.807) is 0 Å². The summed E-state index contributed by atoms with van der Waals surface area (Å²) in [5, 5.41) is 9.63. The Balaban J connectivity index is 3.61. The molecule has 0 amide bonds. The molecule has 0 aliphatic carbocycles. The lowest BCUT2D eigenvalue weighted by atomic mass is 10.0. The van der Waals surface area contributed by atoms with Gasteiger partial charge in [-0.25, -0.2) is 0 Å². The van der Waals surface area contributed by atoms with Crippen LogP contribution in [0.4, 0.5) is 0 Å². The summed E-state index contributed by atoms with van der Waals surface area (Å²) in [6.07, 6.45) is 73.6. The number of carbonyl (C=O) groups is 2. The van der Waals surface area contributed by atoms with Gasteiger partial charge in [-0.05, 0) is 96.3 Å². The van der Waals surface area contributed by atoms with E-state index in [-0.39, 0.29) is 25.2 Å². The molecule has 0 saturated heterocycles. The van der Waals surface area contributed by atoms with Crippen molar-refractivity contribution in [2.45, 2.75) is 238 Å². The molecule has 1 unspecified atom stereocenters. The molecule has 0 saturated carbocycles. The minimum atomic E-state index is -0.797. The lowest BCUT2D eigenvalue weighted by molar-refractivity contribution is -0.161. The van der Waals surface area contributed by atoms with Crippen LogP contribution in [0.15, 0.2) is 97.2 Å². The molecule has 5 nitrogen and oxygen atoms in total. The molecule has 0 spiro atoms. The largest absolute Gasteiger partial charge is 0.462 e. The molecule has 1 N–H and O–H groups in total. The standard InChI is InChI=1S/C57H96O5/c1-3-5-7-9-11-13-15-17-19-21-23-25-27-28-30-32-34-36-38-40-42-44-46-48-50-52-57(60)62-55(53-58)54-61-56(59)51-49-47-45-43-41-39-37-35-33-31-29-26-24-22-20-18-16-14-12-10-8-6-4-2/h5,7,11,13,17,19,22-25,28,30,34,36,40,42,55,58H,3-4,6,8-10,12,14-16,18,20-21,26-27,29,31-33,35,37-39,41,43-54H2,1-2H3/b7-5-,13-11-,19-17-,24-22-,25-23-,30-28-,36-34-,42-40-. The molecule has 1 atom stereocenters. The van der Waals surface area contributed by atoms with Gasteiger partial charge in [-0.15, -0.1) is 0 Å². The summed E-state index contributed by atoms with van der Waals surface area (Å²) in [4.78, 5) is 24.5. The third-order valence-corrected chi connectivity index (χ3v) is 10.9. The summed E-state index contributed by atoms with van der Waals surface area (Å²) in [7, 11) is 0. The van der Waals surface area contributed by atoms with E-state index in [4.69, 9.17) is 9.47 Å². The topological polar surface area (TPSA) is 72.8 Å². The number of hydrogen-bond acceptors (Lipinski definition) is 5. The van der Waals surface area contributed by atoms with Crippen LogP contribution in [-0.2, 0) is 19.1 Å². The van der Waals surface area contributed by atoms with Crippen LogP contribution >= 0.6 is 0 Å². The average Bonchev–Trinajstić information content (AvgIpc) is 3.28. The average molecular weight is 861 g/mol. The second-order valence-corrected chi connectivity index (χ2v) is 16.9. The highest BCUT2D eigenvalue weighted by atomic mass is 16.6. The molecule has 0 bridgehead atoms. The van der Waals surface area contributed by atoms with E-state index < -0.39 is 6.10 Å². The van der Waals surface area contributed by atoms with E-state index in [0.717, 1.165) is 89.9 Å². The molecule has 0 aromatic rings. The van der Waals surface area contributed by atoms with Gasteiger partial charge in [0.25, 0.3) is 0 Å². The first kappa shape index (κ1) is 58.8. The molecule has 0 aromatic heterocycles. The predicted octanol–water partition coefficient (Wildman–Crippen LogP) is 17.2. The Morgan fingerprint density at radius 3 is 1.08 bits per heavy atom.